The molecule has 2 aromatic heterocycles. The minimum absolute atomic E-state index is 0.0376. The van der Waals surface area contributed by atoms with Gasteiger partial charge in [-0.15, -0.1) is 0 Å². The zero-order valence-electron chi connectivity index (χ0n) is 18.2. The molecule has 34 heavy (non-hydrogen) atoms. The van der Waals surface area contributed by atoms with Gasteiger partial charge in [0.25, 0.3) is 10.0 Å². The number of sulfonamides is 1. The van der Waals surface area contributed by atoms with Crippen molar-refractivity contribution in [2.45, 2.75) is 11.4 Å². The first-order valence-corrected chi connectivity index (χ1v) is 11.6. The molecule has 0 saturated heterocycles. The molecule has 2 aromatic carbocycles. The van der Waals surface area contributed by atoms with E-state index in [1.165, 1.54) is 31.0 Å². The lowest BCUT2D eigenvalue weighted by Crippen LogP contribution is -2.22. The summed E-state index contributed by atoms with van der Waals surface area (Å²) in [6, 6.07) is 6.32. The molecule has 1 aliphatic rings. The molecule has 13 heteroatoms. The Kier molecular flexibility index (Phi) is 5.40. The van der Waals surface area contributed by atoms with E-state index in [4.69, 9.17) is 18.7 Å². The van der Waals surface area contributed by atoms with E-state index < -0.39 is 15.8 Å². The Morgan fingerprint density at radius 2 is 2.15 bits per heavy atom. The molecule has 0 radical (unpaired) electrons. The van der Waals surface area contributed by atoms with Gasteiger partial charge in [0.05, 0.1) is 26.5 Å². The van der Waals surface area contributed by atoms with Crippen LogP contribution >= 0.6 is 0 Å². The first-order valence-electron chi connectivity index (χ1n) is 10.2. The van der Waals surface area contributed by atoms with Crippen LogP contribution in [-0.4, -0.2) is 50.7 Å². The molecule has 0 amide bonds. The van der Waals surface area contributed by atoms with Gasteiger partial charge in [-0.25, -0.2) is 12.8 Å². The molecular formula is C21H20FN5O6S. The third-order valence-electron chi connectivity index (χ3n) is 5.29. The maximum Gasteiger partial charge on any atom is 0.270 e. The molecule has 0 aliphatic carbocycles. The van der Waals surface area contributed by atoms with Crippen LogP contribution < -0.4 is 24.2 Å². The zero-order chi connectivity index (χ0) is 23.9. The van der Waals surface area contributed by atoms with E-state index in [2.05, 4.69) is 20.3 Å². The first kappa shape index (κ1) is 21.8. The highest BCUT2D eigenvalue weighted by Crippen LogP contribution is 2.43. The highest BCUT2D eigenvalue weighted by Gasteiger charge is 2.32. The highest BCUT2D eigenvalue weighted by molar-refractivity contribution is 7.93. The number of anilines is 2. The monoisotopic (exact) mass is 489 g/mol. The molecule has 0 unspecified atom stereocenters. The molecule has 0 bridgehead atoms. The van der Waals surface area contributed by atoms with Crippen molar-refractivity contribution >= 4 is 32.5 Å². The predicted octanol–water partition coefficient (Wildman–Crippen LogP) is 2.83. The Hall–Kier alpha value is -4.00. The summed E-state index contributed by atoms with van der Waals surface area (Å²) in [6.45, 7) is 0.912. The quantitative estimate of drug-likeness (QED) is 0.402. The van der Waals surface area contributed by atoms with Gasteiger partial charge in [-0.3, -0.25) is 9.40 Å². The standard InChI is InChI=1S/C21H20FN5O6S/c1-30-14-5-4-13-18(32-9-7-23-13)20(14)34(28,29)26-21-16-15(33-25-21)10-12(17(22)19(16)31-2)11-27-8-3-6-24-27/h3-6,8,10,23H,7,9,11H2,1-2H3,(H,25,26). The fraction of sp³-hybridized carbons (Fsp3) is 0.238. The van der Waals surface area contributed by atoms with Gasteiger partial charge in [0, 0.05) is 24.5 Å². The fourth-order valence-electron chi connectivity index (χ4n) is 3.80. The summed E-state index contributed by atoms with van der Waals surface area (Å²) in [5.41, 5.74) is 0.874. The molecule has 4 aromatic rings. The van der Waals surface area contributed by atoms with Crippen molar-refractivity contribution in [2.75, 3.05) is 37.4 Å². The number of hydrogen-bond donors (Lipinski definition) is 2. The number of hydrogen-bond acceptors (Lipinski definition) is 9. The SMILES string of the molecule is COc1ccc2c(c1S(=O)(=O)Nc1noc3cc(Cn4cccn4)c(F)c(OC)c13)OCCN2. The van der Waals surface area contributed by atoms with Gasteiger partial charge in [0.15, 0.2) is 33.6 Å². The molecule has 0 atom stereocenters. The summed E-state index contributed by atoms with van der Waals surface area (Å²) in [7, 11) is -1.68. The summed E-state index contributed by atoms with van der Waals surface area (Å²) in [6.07, 6.45) is 3.26. The lowest BCUT2D eigenvalue weighted by Gasteiger charge is -2.23. The Morgan fingerprint density at radius 3 is 2.88 bits per heavy atom. The van der Waals surface area contributed by atoms with E-state index in [0.717, 1.165) is 0 Å². The lowest BCUT2D eigenvalue weighted by molar-refractivity contribution is 0.308. The van der Waals surface area contributed by atoms with Crippen LogP contribution in [0.2, 0.25) is 0 Å². The van der Waals surface area contributed by atoms with Gasteiger partial charge in [-0.2, -0.15) is 5.10 Å². The predicted molar refractivity (Wildman–Crippen MR) is 120 cm³/mol. The second kappa shape index (κ2) is 8.41. The van der Waals surface area contributed by atoms with E-state index in [1.54, 1.807) is 24.5 Å². The van der Waals surface area contributed by atoms with Crippen LogP contribution in [0.5, 0.6) is 17.2 Å². The molecular weight excluding hydrogens is 469 g/mol. The average Bonchev–Trinajstić information content (AvgIpc) is 3.49. The van der Waals surface area contributed by atoms with Crippen molar-refractivity contribution in [1.82, 2.24) is 14.9 Å². The van der Waals surface area contributed by atoms with E-state index in [-0.39, 0.29) is 57.6 Å². The second-order valence-electron chi connectivity index (χ2n) is 7.35. The zero-order valence-corrected chi connectivity index (χ0v) is 19.0. The molecule has 3 heterocycles. The molecule has 5 rings (SSSR count). The number of rotatable bonds is 7. The number of aromatic nitrogens is 3. The van der Waals surface area contributed by atoms with Gasteiger partial charge < -0.3 is 24.1 Å². The van der Waals surface area contributed by atoms with E-state index in [9.17, 15) is 8.42 Å². The minimum Gasteiger partial charge on any atom is -0.495 e. The molecule has 0 fully saturated rings. The molecule has 0 spiro atoms. The van der Waals surface area contributed by atoms with Gasteiger partial charge in [0.2, 0.25) is 0 Å². The molecule has 2 N–H and O–H groups in total. The van der Waals surface area contributed by atoms with Crippen LogP contribution in [0.15, 0.2) is 46.1 Å². The fourth-order valence-corrected chi connectivity index (χ4v) is 5.13. The first-order chi connectivity index (χ1) is 16.4. The van der Waals surface area contributed by atoms with Crippen molar-refractivity contribution in [1.29, 1.82) is 0 Å². The van der Waals surface area contributed by atoms with E-state index in [1.807, 2.05) is 0 Å². The number of halogens is 1. The third kappa shape index (κ3) is 3.63. The van der Waals surface area contributed by atoms with Crippen molar-refractivity contribution in [3.8, 4) is 17.2 Å². The van der Waals surface area contributed by atoms with Gasteiger partial charge in [-0.05, 0) is 24.3 Å². The molecule has 178 valence electrons. The van der Waals surface area contributed by atoms with Crippen LogP contribution in [0.1, 0.15) is 5.56 Å². The van der Waals surface area contributed by atoms with Crippen LogP contribution in [-0.2, 0) is 16.6 Å². The van der Waals surface area contributed by atoms with Gasteiger partial charge in [-0.1, -0.05) is 5.16 Å². The second-order valence-corrected chi connectivity index (χ2v) is 8.96. The lowest BCUT2D eigenvalue weighted by atomic mass is 10.1. The molecule has 11 nitrogen and oxygen atoms in total. The maximum atomic E-state index is 15.3. The topological polar surface area (TPSA) is 130 Å². The Morgan fingerprint density at radius 1 is 1.29 bits per heavy atom. The largest absolute Gasteiger partial charge is 0.495 e. The van der Waals surface area contributed by atoms with Crippen molar-refractivity contribution in [3.63, 3.8) is 0 Å². The van der Waals surface area contributed by atoms with Crippen LogP contribution in [0.4, 0.5) is 15.9 Å². The highest BCUT2D eigenvalue weighted by atomic mass is 32.2. The van der Waals surface area contributed by atoms with E-state index >= 15 is 4.39 Å². The summed E-state index contributed by atoms with van der Waals surface area (Å²) in [5.74, 6) is -0.942. The van der Waals surface area contributed by atoms with Gasteiger partial charge in [0.1, 0.15) is 17.7 Å². The third-order valence-corrected chi connectivity index (χ3v) is 6.67. The molecule has 1 aliphatic heterocycles. The number of benzene rings is 2. The summed E-state index contributed by atoms with van der Waals surface area (Å²) >= 11 is 0. The number of nitrogens with zero attached hydrogens (tertiary/aromatic N) is 3. The van der Waals surface area contributed by atoms with Crippen LogP contribution in [0, 0.1) is 5.82 Å². The average molecular weight is 489 g/mol. The number of methoxy groups -OCH3 is 2. The summed E-state index contributed by atoms with van der Waals surface area (Å²) in [4.78, 5) is -0.217. The maximum absolute atomic E-state index is 15.3. The normalized spacial score (nSPS) is 13.1. The summed E-state index contributed by atoms with van der Waals surface area (Å²) < 4.78 is 67.5. The Balaban J connectivity index is 1.59. The summed E-state index contributed by atoms with van der Waals surface area (Å²) in [5, 5.41) is 11.0. The number of ether oxygens (including phenoxy) is 3. The van der Waals surface area contributed by atoms with Crippen molar-refractivity contribution in [3.05, 3.63) is 48.0 Å². The smallest absolute Gasteiger partial charge is 0.270 e. The van der Waals surface area contributed by atoms with E-state index in [0.29, 0.717) is 12.2 Å². The number of nitrogens with one attached hydrogen (secondary N) is 2. The minimum atomic E-state index is -4.30. The Labute approximate surface area is 193 Å². The number of fused-ring (bicyclic) bond motifs is 2. The van der Waals surface area contributed by atoms with Crippen LogP contribution in [0.25, 0.3) is 11.0 Å². The van der Waals surface area contributed by atoms with Crippen LogP contribution in [0.3, 0.4) is 0 Å². The molecule has 0 saturated carbocycles. The van der Waals surface area contributed by atoms with Crippen molar-refractivity contribution < 1.29 is 31.5 Å². The Bertz CT molecular complexity index is 1470. The van der Waals surface area contributed by atoms with Gasteiger partial charge >= 0.3 is 0 Å². The van der Waals surface area contributed by atoms with Crippen molar-refractivity contribution in [2.24, 2.45) is 0 Å².